The van der Waals surface area contributed by atoms with Crippen LogP contribution in [-0.2, 0) is 6.54 Å². The summed E-state index contributed by atoms with van der Waals surface area (Å²) in [5, 5.41) is 4.73. The molecule has 0 fully saturated rings. The number of nitrogens with one attached hydrogen (secondary N) is 1. The van der Waals surface area contributed by atoms with Crippen LogP contribution in [0.1, 0.15) is 12.5 Å². The Labute approximate surface area is 118 Å². The van der Waals surface area contributed by atoms with Crippen molar-refractivity contribution < 1.29 is 0 Å². The van der Waals surface area contributed by atoms with E-state index in [0.717, 1.165) is 29.2 Å². The molecule has 2 rings (SSSR count). The summed E-state index contributed by atoms with van der Waals surface area (Å²) >= 11 is 12.2. The van der Waals surface area contributed by atoms with Crippen LogP contribution in [0.2, 0.25) is 10.0 Å². The zero-order valence-corrected chi connectivity index (χ0v) is 11.7. The zero-order chi connectivity index (χ0) is 13.0. The average molecular weight is 280 g/mol. The van der Waals surface area contributed by atoms with Crippen LogP contribution in [-0.4, -0.2) is 6.54 Å². The molecule has 0 aliphatic rings. The van der Waals surface area contributed by atoms with Crippen molar-refractivity contribution in [1.29, 1.82) is 0 Å². The SMILES string of the molecule is CCNCc1cccc(-c2cc(Cl)ccc2Cl)c1. The van der Waals surface area contributed by atoms with Gasteiger partial charge in [-0.1, -0.05) is 48.3 Å². The summed E-state index contributed by atoms with van der Waals surface area (Å²) < 4.78 is 0. The molecule has 0 aromatic heterocycles. The van der Waals surface area contributed by atoms with E-state index >= 15 is 0 Å². The van der Waals surface area contributed by atoms with Crippen LogP contribution in [0, 0.1) is 0 Å². The highest BCUT2D eigenvalue weighted by Gasteiger charge is 2.05. The van der Waals surface area contributed by atoms with Gasteiger partial charge >= 0.3 is 0 Å². The summed E-state index contributed by atoms with van der Waals surface area (Å²) in [7, 11) is 0. The topological polar surface area (TPSA) is 12.0 Å². The molecule has 0 aliphatic heterocycles. The Bertz CT molecular complexity index is 538. The second-order valence-corrected chi connectivity index (χ2v) is 4.95. The maximum Gasteiger partial charge on any atom is 0.0485 e. The molecule has 0 radical (unpaired) electrons. The van der Waals surface area contributed by atoms with E-state index in [0.29, 0.717) is 5.02 Å². The van der Waals surface area contributed by atoms with Crippen LogP contribution in [0.3, 0.4) is 0 Å². The molecule has 0 amide bonds. The van der Waals surface area contributed by atoms with Gasteiger partial charge < -0.3 is 5.32 Å². The van der Waals surface area contributed by atoms with Crippen molar-refractivity contribution >= 4 is 23.2 Å². The predicted octanol–water partition coefficient (Wildman–Crippen LogP) is 4.77. The minimum Gasteiger partial charge on any atom is -0.313 e. The molecule has 0 unspecified atom stereocenters. The third kappa shape index (κ3) is 3.26. The Morgan fingerprint density at radius 1 is 1.06 bits per heavy atom. The lowest BCUT2D eigenvalue weighted by Crippen LogP contribution is -2.11. The monoisotopic (exact) mass is 279 g/mol. The third-order valence-electron chi connectivity index (χ3n) is 2.75. The fourth-order valence-corrected chi connectivity index (χ4v) is 2.24. The largest absolute Gasteiger partial charge is 0.313 e. The third-order valence-corrected chi connectivity index (χ3v) is 3.31. The molecule has 0 atom stereocenters. The summed E-state index contributed by atoms with van der Waals surface area (Å²) in [4.78, 5) is 0. The van der Waals surface area contributed by atoms with Gasteiger partial charge in [0, 0.05) is 22.2 Å². The van der Waals surface area contributed by atoms with Crippen molar-refractivity contribution in [3.8, 4) is 11.1 Å². The van der Waals surface area contributed by atoms with Crippen LogP contribution in [0.15, 0.2) is 42.5 Å². The second-order valence-electron chi connectivity index (χ2n) is 4.10. The van der Waals surface area contributed by atoms with Crippen molar-refractivity contribution in [2.45, 2.75) is 13.5 Å². The Morgan fingerprint density at radius 3 is 2.67 bits per heavy atom. The van der Waals surface area contributed by atoms with E-state index < -0.39 is 0 Å². The van der Waals surface area contributed by atoms with Gasteiger partial charge in [-0.3, -0.25) is 0 Å². The molecular weight excluding hydrogens is 265 g/mol. The van der Waals surface area contributed by atoms with Crippen molar-refractivity contribution in [2.75, 3.05) is 6.54 Å². The van der Waals surface area contributed by atoms with Crippen molar-refractivity contribution in [2.24, 2.45) is 0 Å². The summed E-state index contributed by atoms with van der Waals surface area (Å²) in [5.74, 6) is 0. The summed E-state index contributed by atoms with van der Waals surface area (Å²) in [6.07, 6.45) is 0. The molecule has 18 heavy (non-hydrogen) atoms. The highest BCUT2D eigenvalue weighted by atomic mass is 35.5. The van der Waals surface area contributed by atoms with Crippen LogP contribution in [0.25, 0.3) is 11.1 Å². The van der Waals surface area contributed by atoms with E-state index in [1.165, 1.54) is 5.56 Å². The molecule has 0 saturated heterocycles. The van der Waals surface area contributed by atoms with Gasteiger partial charge in [-0.25, -0.2) is 0 Å². The molecule has 1 nitrogen and oxygen atoms in total. The summed E-state index contributed by atoms with van der Waals surface area (Å²) in [5.41, 5.74) is 3.31. The van der Waals surface area contributed by atoms with Gasteiger partial charge in [0.05, 0.1) is 0 Å². The molecule has 3 heteroatoms. The minimum absolute atomic E-state index is 0.700. The highest BCUT2D eigenvalue weighted by molar-refractivity contribution is 6.35. The molecular formula is C15H15Cl2N. The highest BCUT2D eigenvalue weighted by Crippen LogP contribution is 2.30. The van der Waals surface area contributed by atoms with Gasteiger partial charge in [0.25, 0.3) is 0 Å². The van der Waals surface area contributed by atoms with Crippen LogP contribution >= 0.6 is 23.2 Å². The normalized spacial score (nSPS) is 10.6. The molecule has 0 heterocycles. The number of hydrogen-bond acceptors (Lipinski definition) is 1. The Kier molecular flexibility index (Phi) is 4.65. The Balaban J connectivity index is 2.35. The lowest BCUT2D eigenvalue weighted by molar-refractivity contribution is 0.727. The fraction of sp³-hybridized carbons (Fsp3) is 0.200. The molecule has 0 saturated carbocycles. The minimum atomic E-state index is 0.700. The van der Waals surface area contributed by atoms with E-state index in [-0.39, 0.29) is 0 Å². The molecule has 94 valence electrons. The zero-order valence-electron chi connectivity index (χ0n) is 10.2. The van der Waals surface area contributed by atoms with E-state index in [1.54, 1.807) is 6.07 Å². The quantitative estimate of drug-likeness (QED) is 0.850. The van der Waals surface area contributed by atoms with Crippen molar-refractivity contribution in [3.05, 3.63) is 58.1 Å². The first-order valence-corrected chi connectivity index (χ1v) is 6.71. The lowest BCUT2D eigenvalue weighted by atomic mass is 10.0. The predicted molar refractivity (Wildman–Crippen MR) is 79.3 cm³/mol. The molecule has 0 aliphatic carbocycles. The molecule has 1 N–H and O–H groups in total. The number of hydrogen-bond donors (Lipinski definition) is 1. The maximum absolute atomic E-state index is 6.21. The first-order chi connectivity index (χ1) is 8.70. The van der Waals surface area contributed by atoms with Crippen LogP contribution < -0.4 is 5.32 Å². The summed E-state index contributed by atoms with van der Waals surface area (Å²) in [6.45, 7) is 3.92. The molecule has 0 spiro atoms. The first-order valence-electron chi connectivity index (χ1n) is 5.96. The standard InChI is InChI=1S/C15H15Cl2N/c1-2-18-10-11-4-3-5-12(8-11)14-9-13(16)6-7-15(14)17/h3-9,18H,2,10H2,1H3. The number of rotatable bonds is 4. The van der Waals surface area contributed by atoms with Crippen molar-refractivity contribution in [1.82, 2.24) is 5.32 Å². The van der Waals surface area contributed by atoms with E-state index in [4.69, 9.17) is 23.2 Å². The van der Waals surface area contributed by atoms with Gasteiger partial charge in [-0.2, -0.15) is 0 Å². The molecule has 0 bridgehead atoms. The van der Waals surface area contributed by atoms with E-state index in [9.17, 15) is 0 Å². The molecule has 2 aromatic carbocycles. The van der Waals surface area contributed by atoms with Crippen molar-refractivity contribution in [3.63, 3.8) is 0 Å². The Hall–Kier alpha value is -1.02. The second kappa shape index (κ2) is 6.24. The number of halogens is 2. The van der Waals surface area contributed by atoms with Crippen LogP contribution in [0.4, 0.5) is 0 Å². The van der Waals surface area contributed by atoms with Gasteiger partial charge in [-0.05, 0) is 41.9 Å². The fourth-order valence-electron chi connectivity index (χ4n) is 1.84. The Morgan fingerprint density at radius 2 is 1.89 bits per heavy atom. The first kappa shape index (κ1) is 13.4. The van der Waals surface area contributed by atoms with E-state index in [2.05, 4.69) is 24.4 Å². The summed E-state index contributed by atoms with van der Waals surface area (Å²) in [6, 6.07) is 13.9. The van der Waals surface area contributed by atoms with E-state index in [1.807, 2.05) is 24.3 Å². The van der Waals surface area contributed by atoms with Gasteiger partial charge in [0.15, 0.2) is 0 Å². The lowest BCUT2D eigenvalue weighted by Gasteiger charge is -2.08. The van der Waals surface area contributed by atoms with Gasteiger partial charge in [0.1, 0.15) is 0 Å². The molecule has 2 aromatic rings. The van der Waals surface area contributed by atoms with Gasteiger partial charge in [0.2, 0.25) is 0 Å². The van der Waals surface area contributed by atoms with Gasteiger partial charge in [-0.15, -0.1) is 0 Å². The smallest absolute Gasteiger partial charge is 0.0485 e. The van der Waals surface area contributed by atoms with Crippen LogP contribution in [0.5, 0.6) is 0 Å². The maximum atomic E-state index is 6.21. The number of benzene rings is 2. The average Bonchev–Trinajstić information content (AvgIpc) is 2.39.